The van der Waals surface area contributed by atoms with E-state index in [0.717, 1.165) is 11.4 Å². The molecule has 0 unspecified atom stereocenters. The van der Waals surface area contributed by atoms with Crippen molar-refractivity contribution < 1.29 is 9.18 Å². The first-order chi connectivity index (χ1) is 10.1. The molecular formula is C16H14FN3O. The van der Waals surface area contributed by atoms with Crippen LogP contribution in [0, 0.1) is 12.7 Å². The SMILES string of the molecule is Cc1cc(CNC(=O)c2ccc(F)c3ccccc23)n[nH]1. The maximum Gasteiger partial charge on any atom is 0.252 e. The fourth-order valence-electron chi connectivity index (χ4n) is 2.29. The summed E-state index contributed by atoms with van der Waals surface area (Å²) in [5, 5.41) is 10.7. The van der Waals surface area contributed by atoms with Crippen molar-refractivity contribution in [1.29, 1.82) is 0 Å². The summed E-state index contributed by atoms with van der Waals surface area (Å²) in [5.74, 6) is -0.572. The number of aromatic amines is 1. The highest BCUT2D eigenvalue weighted by Crippen LogP contribution is 2.21. The first-order valence-electron chi connectivity index (χ1n) is 6.61. The van der Waals surface area contributed by atoms with E-state index < -0.39 is 0 Å². The third-order valence-electron chi connectivity index (χ3n) is 3.30. The van der Waals surface area contributed by atoms with Crippen LogP contribution in [0.1, 0.15) is 21.7 Å². The molecule has 1 heterocycles. The highest BCUT2D eigenvalue weighted by molar-refractivity contribution is 6.07. The second-order valence-corrected chi connectivity index (χ2v) is 4.87. The molecule has 0 radical (unpaired) electrons. The average molecular weight is 283 g/mol. The van der Waals surface area contributed by atoms with Gasteiger partial charge >= 0.3 is 0 Å². The Kier molecular flexibility index (Phi) is 3.39. The maximum atomic E-state index is 13.7. The molecule has 2 N–H and O–H groups in total. The van der Waals surface area contributed by atoms with Crippen molar-refractivity contribution in [2.75, 3.05) is 0 Å². The topological polar surface area (TPSA) is 57.8 Å². The minimum Gasteiger partial charge on any atom is -0.346 e. The van der Waals surface area contributed by atoms with E-state index in [1.165, 1.54) is 12.1 Å². The summed E-state index contributed by atoms with van der Waals surface area (Å²) < 4.78 is 13.7. The molecule has 0 aliphatic carbocycles. The van der Waals surface area contributed by atoms with Gasteiger partial charge in [-0.15, -0.1) is 0 Å². The number of hydrogen-bond donors (Lipinski definition) is 2. The quantitative estimate of drug-likeness (QED) is 0.776. The number of nitrogens with zero attached hydrogens (tertiary/aromatic N) is 1. The van der Waals surface area contributed by atoms with Gasteiger partial charge in [0, 0.05) is 16.6 Å². The molecule has 0 atom stereocenters. The van der Waals surface area contributed by atoms with Crippen LogP contribution >= 0.6 is 0 Å². The first-order valence-corrected chi connectivity index (χ1v) is 6.61. The van der Waals surface area contributed by atoms with Crippen LogP contribution in [0.2, 0.25) is 0 Å². The highest BCUT2D eigenvalue weighted by atomic mass is 19.1. The standard InChI is InChI=1S/C16H14FN3O/c1-10-8-11(20-19-10)9-18-16(21)14-6-7-15(17)13-5-3-2-4-12(13)14/h2-8H,9H2,1H3,(H,18,21)(H,19,20). The summed E-state index contributed by atoms with van der Waals surface area (Å²) in [6.07, 6.45) is 0. The number of hydrogen-bond acceptors (Lipinski definition) is 2. The molecule has 3 aromatic rings. The lowest BCUT2D eigenvalue weighted by atomic mass is 10.0. The van der Waals surface area contributed by atoms with Gasteiger partial charge in [-0.2, -0.15) is 5.10 Å². The number of H-pyrrole nitrogens is 1. The first kappa shape index (κ1) is 13.3. The van der Waals surface area contributed by atoms with Crippen LogP contribution in [0.3, 0.4) is 0 Å². The van der Waals surface area contributed by atoms with Crippen molar-refractivity contribution in [3.8, 4) is 0 Å². The zero-order valence-corrected chi connectivity index (χ0v) is 11.5. The van der Waals surface area contributed by atoms with E-state index in [2.05, 4.69) is 15.5 Å². The van der Waals surface area contributed by atoms with Crippen LogP contribution in [0.5, 0.6) is 0 Å². The van der Waals surface area contributed by atoms with Gasteiger partial charge in [0.15, 0.2) is 0 Å². The lowest BCUT2D eigenvalue weighted by Crippen LogP contribution is -2.23. The summed E-state index contributed by atoms with van der Waals surface area (Å²) in [6, 6.07) is 11.6. The summed E-state index contributed by atoms with van der Waals surface area (Å²) in [4.78, 5) is 12.3. The maximum absolute atomic E-state index is 13.7. The molecule has 1 amide bonds. The number of aromatic nitrogens is 2. The Bertz CT molecular complexity index is 810. The molecule has 3 rings (SSSR count). The monoisotopic (exact) mass is 283 g/mol. The number of fused-ring (bicyclic) bond motifs is 1. The Balaban J connectivity index is 1.86. The lowest BCUT2D eigenvalue weighted by molar-refractivity contribution is 0.0952. The molecule has 5 heteroatoms. The molecule has 0 fully saturated rings. The second-order valence-electron chi connectivity index (χ2n) is 4.87. The van der Waals surface area contributed by atoms with Gasteiger partial charge in [0.1, 0.15) is 5.82 Å². The van der Waals surface area contributed by atoms with Gasteiger partial charge in [0.2, 0.25) is 0 Å². The Morgan fingerprint density at radius 1 is 1.24 bits per heavy atom. The van der Waals surface area contributed by atoms with Crippen molar-refractivity contribution in [3.05, 3.63) is 65.2 Å². The lowest BCUT2D eigenvalue weighted by Gasteiger charge is -2.07. The van der Waals surface area contributed by atoms with E-state index >= 15 is 0 Å². The Hall–Kier alpha value is -2.69. The number of benzene rings is 2. The van der Waals surface area contributed by atoms with Crippen LogP contribution in [0.4, 0.5) is 4.39 Å². The van der Waals surface area contributed by atoms with E-state index in [4.69, 9.17) is 0 Å². The number of amides is 1. The second kappa shape index (κ2) is 5.36. The molecular weight excluding hydrogens is 269 g/mol. The molecule has 4 nitrogen and oxygen atoms in total. The minimum absolute atomic E-state index is 0.244. The van der Waals surface area contributed by atoms with Gasteiger partial charge < -0.3 is 5.32 Å². The summed E-state index contributed by atoms with van der Waals surface area (Å²) >= 11 is 0. The molecule has 21 heavy (non-hydrogen) atoms. The molecule has 1 aromatic heterocycles. The number of carbonyl (C=O) groups excluding carboxylic acids is 1. The predicted octanol–water partition coefficient (Wildman–Crippen LogP) is 2.94. The van der Waals surface area contributed by atoms with E-state index in [-0.39, 0.29) is 11.7 Å². The highest BCUT2D eigenvalue weighted by Gasteiger charge is 2.12. The Morgan fingerprint density at radius 2 is 2.00 bits per heavy atom. The summed E-state index contributed by atoms with van der Waals surface area (Å²) in [7, 11) is 0. The zero-order chi connectivity index (χ0) is 14.8. The van der Waals surface area contributed by atoms with Gasteiger partial charge in [-0.3, -0.25) is 9.89 Å². The van der Waals surface area contributed by atoms with E-state index in [0.29, 0.717) is 22.9 Å². The number of halogens is 1. The van der Waals surface area contributed by atoms with Crippen LogP contribution in [-0.4, -0.2) is 16.1 Å². The van der Waals surface area contributed by atoms with E-state index in [1.807, 2.05) is 13.0 Å². The smallest absolute Gasteiger partial charge is 0.252 e. The van der Waals surface area contributed by atoms with Crippen LogP contribution in [-0.2, 0) is 6.54 Å². The molecule has 0 bridgehead atoms. The van der Waals surface area contributed by atoms with E-state index in [9.17, 15) is 9.18 Å². The molecule has 0 saturated carbocycles. The van der Waals surface area contributed by atoms with E-state index in [1.54, 1.807) is 24.3 Å². The number of rotatable bonds is 3. The molecule has 0 aliphatic heterocycles. The average Bonchev–Trinajstić information content (AvgIpc) is 2.91. The predicted molar refractivity (Wildman–Crippen MR) is 78.4 cm³/mol. The summed E-state index contributed by atoms with van der Waals surface area (Å²) in [6.45, 7) is 2.22. The van der Waals surface area contributed by atoms with Crippen LogP contribution in [0.25, 0.3) is 10.8 Å². The third kappa shape index (κ3) is 2.63. The molecule has 0 spiro atoms. The fourth-order valence-corrected chi connectivity index (χ4v) is 2.29. The van der Waals surface area contributed by atoms with Gasteiger partial charge in [0.05, 0.1) is 12.2 Å². The van der Waals surface area contributed by atoms with Crippen molar-refractivity contribution >= 4 is 16.7 Å². The Morgan fingerprint density at radius 3 is 2.71 bits per heavy atom. The Labute approximate surface area is 121 Å². The van der Waals surface area contributed by atoms with Crippen LogP contribution in [0.15, 0.2) is 42.5 Å². The molecule has 0 aliphatic rings. The van der Waals surface area contributed by atoms with Gasteiger partial charge in [-0.1, -0.05) is 24.3 Å². The normalized spacial score (nSPS) is 10.8. The number of aryl methyl sites for hydroxylation is 1. The van der Waals surface area contributed by atoms with Crippen molar-refractivity contribution in [3.63, 3.8) is 0 Å². The zero-order valence-electron chi connectivity index (χ0n) is 11.5. The molecule has 2 aromatic carbocycles. The largest absolute Gasteiger partial charge is 0.346 e. The van der Waals surface area contributed by atoms with Gasteiger partial charge in [-0.05, 0) is 30.5 Å². The van der Waals surface area contributed by atoms with Crippen molar-refractivity contribution in [1.82, 2.24) is 15.5 Å². The number of carbonyl (C=O) groups is 1. The van der Waals surface area contributed by atoms with Gasteiger partial charge in [0.25, 0.3) is 5.91 Å². The minimum atomic E-state index is -0.329. The summed E-state index contributed by atoms with van der Waals surface area (Å²) in [5.41, 5.74) is 2.15. The molecule has 0 saturated heterocycles. The molecule has 106 valence electrons. The number of nitrogens with one attached hydrogen (secondary N) is 2. The van der Waals surface area contributed by atoms with Crippen LogP contribution < -0.4 is 5.32 Å². The van der Waals surface area contributed by atoms with Gasteiger partial charge in [-0.25, -0.2) is 4.39 Å². The van der Waals surface area contributed by atoms with Crippen molar-refractivity contribution in [2.24, 2.45) is 0 Å². The van der Waals surface area contributed by atoms with Crippen molar-refractivity contribution in [2.45, 2.75) is 13.5 Å². The third-order valence-corrected chi connectivity index (χ3v) is 3.30. The fraction of sp³-hybridized carbons (Fsp3) is 0.125.